The summed E-state index contributed by atoms with van der Waals surface area (Å²) in [6.07, 6.45) is 14.3. The molecule has 0 radical (unpaired) electrons. The Balaban J connectivity index is 1.49. The van der Waals surface area contributed by atoms with Gasteiger partial charge in [-0.15, -0.1) is 0 Å². The average Bonchev–Trinajstić information content (AvgIpc) is 3.34. The Morgan fingerprint density at radius 1 is 0.976 bits per heavy atom. The molecule has 42 heavy (non-hydrogen) atoms. The molecular formula is C32H50N6O4. The molecule has 2 aliphatic carbocycles. The van der Waals surface area contributed by atoms with Gasteiger partial charge in [0.25, 0.3) is 5.91 Å². The molecule has 1 aromatic heterocycles. The molecule has 232 valence electrons. The van der Waals surface area contributed by atoms with E-state index in [2.05, 4.69) is 32.8 Å². The van der Waals surface area contributed by atoms with E-state index >= 15 is 0 Å². The minimum atomic E-state index is -0.863. The van der Waals surface area contributed by atoms with E-state index in [0.717, 1.165) is 38.5 Å². The molecule has 0 bridgehead atoms. The van der Waals surface area contributed by atoms with Gasteiger partial charge in [0, 0.05) is 25.0 Å². The lowest BCUT2D eigenvalue weighted by molar-refractivity contribution is -0.144. The van der Waals surface area contributed by atoms with Crippen LogP contribution >= 0.6 is 0 Å². The lowest BCUT2D eigenvalue weighted by atomic mass is 9.81. The highest BCUT2D eigenvalue weighted by Gasteiger charge is 2.45. The van der Waals surface area contributed by atoms with Gasteiger partial charge in [-0.05, 0) is 55.8 Å². The van der Waals surface area contributed by atoms with Crippen molar-refractivity contribution in [2.45, 2.75) is 123 Å². The molecule has 2 saturated carbocycles. The third kappa shape index (κ3) is 8.07. The zero-order chi connectivity index (χ0) is 30.4. The predicted octanol–water partition coefficient (Wildman–Crippen LogP) is 3.62. The molecule has 1 aromatic rings. The molecule has 0 spiro atoms. The van der Waals surface area contributed by atoms with Crippen LogP contribution in [0.15, 0.2) is 18.6 Å². The number of aromatic nitrogens is 2. The molecule has 1 aliphatic heterocycles. The van der Waals surface area contributed by atoms with Gasteiger partial charge in [-0.2, -0.15) is 0 Å². The van der Waals surface area contributed by atoms with E-state index < -0.39 is 29.4 Å². The number of nitrogens with zero attached hydrogens (tertiary/aromatic N) is 3. The van der Waals surface area contributed by atoms with Gasteiger partial charge in [0.2, 0.25) is 17.7 Å². The zero-order valence-corrected chi connectivity index (χ0v) is 26.0. The van der Waals surface area contributed by atoms with Crippen LogP contribution in [0.1, 0.15) is 109 Å². The van der Waals surface area contributed by atoms with Crippen molar-refractivity contribution in [1.29, 1.82) is 0 Å². The second-order valence-electron chi connectivity index (χ2n) is 14.0. The lowest BCUT2D eigenvalue weighted by Gasteiger charge is -2.37. The molecule has 3 fully saturated rings. The summed E-state index contributed by atoms with van der Waals surface area (Å²) in [6, 6.07) is -2.18. The first-order valence-corrected chi connectivity index (χ1v) is 15.9. The van der Waals surface area contributed by atoms with Crippen molar-refractivity contribution in [3.63, 3.8) is 0 Å². The highest BCUT2D eigenvalue weighted by atomic mass is 16.2. The van der Waals surface area contributed by atoms with Crippen LogP contribution in [0.25, 0.3) is 0 Å². The summed E-state index contributed by atoms with van der Waals surface area (Å²) in [4.78, 5) is 64.3. The molecule has 3 aliphatic rings. The summed E-state index contributed by atoms with van der Waals surface area (Å²) >= 11 is 0. The van der Waals surface area contributed by atoms with Gasteiger partial charge in [0.1, 0.15) is 23.8 Å². The van der Waals surface area contributed by atoms with Crippen molar-refractivity contribution in [2.75, 3.05) is 6.54 Å². The first-order chi connectivity index (χ1) is 19.9. The third-order valence-corrected chi connectivity index (χ3v) is 9.28. The summed E-state index contributed by atoms with van der Waals surface area (Å²) in [5.74, 6) is -0.415. The number of hydrogen-bond acceptors (Lipinski definition) is 6. The van der Waals surface area contributed by atoms with Crippen LogP contribution in [0.5, 0.6) is 0 Å². The van der Waals surface area contributed by atoms with Crippen LogP contribution in [0.2, 0.25) is 0 Å². The summed E-state index contributed by atoms with van der Waals surface area (Å²) < 4.78 is 0. The molecule has 10 nitrogen and oxygen atoms in total. The minimum absolute atomic E-state index is 0.0439. The number of hydrogen-bond donors (Lipinski definition) is 3. The second kappa shape index (κ2) is 14.0. The Morgan fingerprint density at radius 2 is 1.69 bits per heavy atom. The number of rotatable bonds is 10. The fourth-order valence-electron chi connectivity index (χ4n) is 6.71. The molecule has 3 N–H and O–H groups in total. The third-order valence-electron chi connectivity index (χ3n) is 9.28. The molecule has 0 aromatic carbocycles. The highest BCUT2D eigenvalue weighted by molar-refractivity contribution is 5.98. The maximum Gasteiger partial charge on any atom is 0.272 e. The van der Waals surface area contributed by atoms with E-state index in [1.165, 1.54) is 37.9 Å². The Bertz CT molecular complexity index is 1100. The summed E-state index contributed by atoms with van der Waals surface area (Å²) in [5, 5.41) is 9.10. The zero-order valence-electron chi connectivity index (χ0n) is 26.0. The van der Waals surface area contributed by atoms with Crippen LogP contribution in [-0.2, 0) is 14.4 Å². The number of likely N-dealkylation sites (tertiary alicyclic amines) is 1. The Labute approximate surface area is 250 Å². The van der Waals surface area contributed by atoms with Gasteiger partial charge >= 0.3 is 0 Å². The van der Waals surface area contributed by atoms with Gasteiger partial charge in [-0.3, -0.25) is 24.2 Å². The SMILES string of the molecule is CC(CC1CCC1)NC(=O)C1C[C@@H](C)CN1C(=O)[C@@H](NC(=O)C(NC(=O)c1cnccn1)C1CCCCC1)C(C)(C)C. The van der Waals surface area contributed by atoms with E-state index in [4.69, 9.17) is 0 Å². The van der Waals surface area contributed by atoms with Gasteiger partial charge in [0.15, 0.2) is 0 Å². The molecule has 5 atom stereocenters. The van der Waals surface area contributed by atoms with E-state index in [0.29, 0.717) is 18.9 Å². The molecule has 1 saturated heterocycles. The van der Waals surface area contributed by atoms with Crippen LogP contribution < -0.4 is 16.0 Å². The molecule has 3 unspecified atom stereocenters. The molecule has 10 heteroatoms. The van der Waals surface area contributed by atoms with Crippen LogP contribution in [0.3, 0.4) is 0 Å². The van der Waals surface area contributed by atoms with Gasteiger partial charge in [0.05, 0.1) is 6.20 Å². The van der Waals surface area contributed by atoms with Gasteiger partial charge in [-0.1, -0.05) is 66.2 Å². The normalized spacial score (nSPS) is 23.8. The van der Waals surface area contributed by atoms with Crippen molar-refractivity contribution >= 4 is 23.6 Å². The van der Waals surface area contributed by atoms with Crippen molar-refractivity contribution in [2.24, 2.45) is 23.2 Å². The van der Waals surface area contributed by atoms with E-state index in [1.54, 1.807) is 4.90 Å². The number of carbonyl (C=O) groups is 4. The number of amides is 4. The summed E-state index contributed by atoms with van der Waals surface area (Å²) in [5.41, 5.74) is -0.482. The quantitative estimate of drug-likeness (QED) is 0.386. The largest absolute Gasteiger partial charge is 0.352 e. The van der Waals surface area contributed by atoms with Crippen LogP contribution in [0.4, 0.5) is 0 Å². The van der Waals surface area contributed by atoms with Crippen molar-refractivity contribution in [1.82, 2.24) is 30.8 Å². The minimum Gasteiger partial charge on any atom is -0.352 e. The van der Waals surface area contributed by atoms with Crippen LogP contribution in [0, 0.1) is 23.2 Å². The first-order valence-electron chi connectivity index (χ1n) is 15.9. The van der Waals surface area contributed by atoms with Crippen LogP contribution in [-0.4, -0.2) is 69.2 Å². The Kier molecular flexibility index (Phi) is 10.6. The number of nitrogens with one attached hydrogen (secondary N) is 3. The maximum absolute atomic E-state index is 14.2. The summed E-state index contributed by atoms with van der Waals surface area (Å²) in [7, 11) is 0. The standard InChI is InChI=1S/C32H50N6O4/c1-20-16-25(29(40)35-21(2)17-22-10-9-11-22)38(19-20)31(42)27(32(3,4)5)37-30(41)26(23-12-7-6-8-13-23)36-28(39)24-18-33-14-15-34-24/h14-15,18,20-23,25-27H,6-13,16-17,19H2,1-5H3,(H,35,40)(H,36,39)(H,37,41)/t20-,21?,25?,26?,27-/m1/s1. The smallest absolute Gasteiger partial charge is 0.272 e. The highest BCUT2D eigenvalue weighted by Crippen LogP contribution is 2.32. The van der Waals surface area contributed by atoms with E-state index in [9.17, 15) is 19.2 Å². The van der Waals surface area contributed by atoms with Gasteiger partial charge < -0.3 is 20.9 Å². The fraction of sp³-hybridized carbons (Fsp3) is 0.750. The monoisotopic (exact) mass is 582 g/mol. The predicted molar refractivity (Wildman–Crippen MR) is 160 cm³/mol. The first kappa shape index (κ1) is 31.9. The average molecular weight is 583 g/mol. The van der Waals surface area contributed by atoms with Crippen molar-refractivity contribution in [3.8, 4) is 0 Å². The Morgan fingerprint density at radius 3 is 2.29 bits per heavy atom. The second-order valence-corrected chi connectivity index (χ2v) is 14.0. The summed E-state index contributed by atoms with van der Waals surface area (Å²) in [6.45, 7) is 10.3. The molecule has 4 amide bonds. The molecule has 2 heterocycles. The van der Waals surface area contributed by atoms with Gasteiger partial charge in [-0.25, -0.2) is 4.98 Å². The van der Waals surface area contributed by atoms with E-state index in [-0.39, 0.29) is 41.3 Å². The van der Waals surface area contributed by atoms with Crippen molar-refractivity contribution in [3.05, 3.63) is 24.3 Å². The maximum atomic E-state index is 14.2. The fourth-order valence-corrected chi connectivity index (χ4v) is 6.71. The number of carbonyl (C=O) groups excluding carboxylic acids is 4. The lowest BCUT2D eigenvalue weighted by Crippen LogP contribution is -2.61. The van der Waals surface area contributed by atoms with E-state index in [1.807, 2.05) is 27.7 Å². The van der Waals surface area contributed by atoms with Crippen molar-refractivity contribution < 1.29 is 19.2 Å². The Hall–Kier alpha value is -3.04. The topological polar surface area (TPSA) is 133 Å². The molecular weight excluding hydrogens is 532 g/mol. The molecule has 4 rings (SSSR count).